The van der Waals surface area contributed by atoms with Crippen molar-refractivity contribution in [3.8, 4) is 11.5 Å². The van der Waals surface area contributed by atoms with Crippen LogP contribution in [0.5, 0.6) is 11.5 Å². The van der Waals surface area contributed by atoms with Gasteiger partial charge in [-0.3, -0.25) is 0 Å². The molecule has 0 aliphatic heterocycles. The topological polar surface area (TPSA) is 38.7 Å². The zero-order chi connectivity index (χ0) is 14.7. The molecule has 106 valence electrons. The summed E-state index contributed by atoms with van der Waals surface area (Å²) >= 11 is 0. The Morgan fingerprint density at radius 3 is 2.10 bits per heavy atom. The van der Waals surface area contributed by atoms with E-state index in [0.717, 1.165) is 5.56 Å². The molecule has 0 saturated carbocycles. The third-order valence-corrected chi connectivity index (χ3v) is 3.25. The Hall–Kier alpha value is -2.07. The van der Waals surface area contributed by atoms with Crippen LogP contribution in [0, 0.1) is 12.7 Å². The van der Waals surface area contributed by atoms with Crippen molar-refractivity contribution >= 4 is 0 Å². The summed E-state index contributed by atoms with van der Waals surface area (Å²) in [7, 11) is 3.11. The maximum atomic E-state index is 12.9. The zero-order valence-corrected chi connectivity index (χ0v) is 11.7. The highest BCUT2D eigenvalue weighted by Gasteiger charge is 2.16. The molecule has 0 fully saturated rings. The largest absolute Gasteiger partial charge is 0.493 e. The van der Waals surface area contributed by atoms with Gasteiger partial charge in [0.05, 0.1) is 14.2 Å². The molecule has 1 unspecified atom stereocenters. The summed E-state index contributed by atoms with van der Waals surface area (Å²) in [5.74, 6) is 0.833. The fraction of sp³-hybridized carbons (Fsp3) is 0.250. The van der Waals surface area contributed by atoms with Gasteiger partial charge < -0.3 is 14.6 Å². The van der Waals surface area contributed by atoms with Crippen LogP contribution < -0.4 is 9.47 Å². The molecule has 0 aromatic heterocycles. The van der Waals surface area contributed by atoms with E-state index in [9.17, 15) is 9.50 Å². The maximum Gasteiger partial charge on any atom is 0.161 e. The van der Waals surface area contributed by atoms with Gasteiger partial charge in [0, 0.05) is 0 Å². The van der Waals surface area contributed by atoms with Crippen molar-refractivity contribution in [2.24, 2.45) is 0 Å². The Labute approximate surface area is 117 Å². The molecule has 4 heteroatoms. The van der Waals surface area contributed by atoms with Crippen LogP contribution in [-0.2, 0) is 0 Å². The molecule has 2 aromatic rings. The number of halogens is 1. The molecular formula is C16H17FO3. The molecule has 0 aliphatic carbocycles. The van der Waals surface area contributed by atoms with E-state index in [0.29, 0.717) is 22.6 Å². The second kappa shape index (κ2) is 5.92. The third-order valence-electron chi connectivity index (χ3n) is 3.25. The normalized spacial score (nSPS) is 12.1. The number of aliphatic hydroxyl groups excluding tert-OH is 1. The van der Waals surface area contributed by atoms with Crippen molar-refractivity contribution < 1.29 is 19.0 Å². The van der Waals surface area contributed by atoms with Crippen molar-refractivity contribution in [1.82, 2.24) is 0 Å². The van der Waals surface area contributed by atoms with Crippen LogP contribution in [0.15, 0.2) is 36.4 Å². The Morgan fingerprint density at radius 1 is 1.00 bits per heavy atom. The van der Waals surface area contributed by atoms with Crippen LogP contribution in [-0.4, -0.2) is 19.3 Å². The van der Waals surface area contributed by atoms with Crippen LogP contribution >= 0.6 is 0 Å². The summed E-state index contributed by atoms with van der Waals surface area (Å²) < 4.78 is 23.4. The van der Waals surface area contributed by atoms with Crippen molar-refractivity contribution in [1.29, 1.82) is 0 Å². The minimum Gasteiger partial charge on any atom is -0.493 e. The van der Waals surface area contributed by atoms with Crippen molar-refractivity contribution in [2.45, 2.75) is 13.0 Å². The lowest BCUT2D eigenvalue weighted by Crippen LogP contribution is -2.04. The lowest BCUT2D eigenvalue weighted by Gasteiger charge is -2.17. The summed E-state index contributed by atoms with van der Waals surface area (Å²) in [5.41, 5.74) is 2.20. The number of ether oxygens (including phenoxy) is 2. The first-order chi connectivity index (χ1) is 9.56. The highest BCUT2D eigenvalue weighted by Crippen LogP contribution is 2.34. The van der Waals surface area contributed by atoms with Crippen LogP contribution in [0.3, 0.4) is 0 Å². The van der Waals surface area contributed by atoms with E-state index in [-0.39, 0.29) is 5.82 Å². The smallest absolute Gasteiger partial charge is 0.161 e. The van der Waals surface area contributed by atoms with Gasteiger partial charge in [-0.05, 0) is 47.9 Å². The SMILES string of the molecule is COc1cc(C)c(C(O)c2ccc(F)cc2)cc1OC. The second-order valence-corrected chi connectivity index (χ2v) is 4.52. The number of hydrogen-bond donors (Lipinski definition) is 1. The Balaban J connectivity index is 2.43. The van der Waals surface area contributed by atoms with Gasteiger partial charge in [0.25, 0.3) is 0 Å². The fourth-order valence-corrected chi connectivity index (χ4v) is 2.12. The first-order valence-corrected chi connectivity index (χ1v) is 6.23. The minimum atomic E-state index is -0.838. The summed E-state index contributed by atoms with van der Waals surface area (Å²) in [4.78, 5) is 0. The van der Waals surface area contributed by atoms with Gasteiger partial charge in [0.1, 0.15) is 11.9 Å². The number of aliphatic hydroxyl groups is 1. The summed E-state index contributed by atoms with van der Waals surface area (Å²) in [5, 5.41) is 10.4. The van der Waals surface area contributed by atoms with Crippen LogP contribution in [0.25, 0.3) is 0 Å². The molecule has 2 aromatic carbocycles. The third kappa shape index (κ3) is 2.75. The molecule has 0 amide bonds. The molecule has 0 heterocycles. The monoisotopic (exact) mass is 276 g/mol. The van der Waals surface area contributed by atoms with Crippen LogP contribution in [0.1, 0.15) is 22.8 Å². The molecule has 0 aliphatic rings. The summed E-state index contributed by atoms with van der Waals surface area (Å²) in [6.45, 7) is 1.88. The molecule has 1 atom stereocenters. The van der Waals surface area contributed by atoms with Gasteiger partial charge >= 0.3 is 0 Å². The molecule has 0 saturated heterocycles. The second-order valence-electron chi connectivity index (χ2n) is 4.52. The molecule has 3 nitrogen and oxygen atoms in total. The van der Waals surface area contributed by atoms with Gasteiger partial charge in [-0.25, -0.2) is 4.39 Å². The molecule has 0 spiro atoms. The molecule has 0 radical (unpaired) electrons. The highest BCUT2D eigenvalue weighted by atomic mass is 19.1. The Bertz CT molecular complexity index is 593. The zero-order valence-electron chi connectivity index (χ0n) is 11.7. The minimum absolute atomic E-state index is 0.329. The molecule has 1 N–H and O–H groups in total. The van der Waals surface area contributed by atoms with Crippen LogP contribution in [0.4, 0.5) is 4.39 Å². The highest BCUT2D eigenvalue weighted by molar-refractivity contribution is 5.49. The molecule has 0 bridgehead atoms. The summed E-state index contributed by atoms with van der Waals surface area (Å²) in [6, 6.07) is 9.33. The van der Waals surface area contributed by atoms with Crippen LogP contribution in [0.2, 0.25) is 0 Å². The van der Waals surface area contributed by atoms with E-state index < -0.39 is 6.10 Å². The standard InChI is InChI=1S/C16H17FO3/c1-10-8-14(19-2)15(20-3)9-13(10)16(18)11-4-6-12(17)7-5-11/h4-9,16,18H,1-3H3. The van der Waals surface area contributed by atoms with Gasteiger partial charge in [0.2, 0.25) is 0 Å². The maximum absolute atomic E-state index is 12.9. The van der Waals surface area contributed by atoms with Crippen molar-refractivity contribution in [3.05, 3.63) is 58.9 Å². The van der Waals surface area contributed by atoms with Gasteiger partial charge in [-0.2, -0.15) is 0 Å². The fourth-order valence-electron chi connectivity index (χ4n) is 2.12. The summed E-state index contributed by atoms with van der Waals surface area (Å²) in [6.07, 6.45) is -0.838. The Kier molecular flexibility index (Phi) is 4.25. The van der Waals surface area contributed by atoms with Gasteiger partial charge in [-0.15, -0.1) is 0 Å². The molecule has 20 heavy (non-hydrogen) atoms. The predicted octanol–water partition coefficient (Wildman–Crippen LogP) is 3.23. The van der Waals surface area contributed by atoms with E-state index >= 15 is 0 Å². The van der Waals surface area contributed by atoms with E-state index in [1.54, 1.807) is 38.5 Å². The van der Waals surface area contributed by atoms with Crippen molar-refractivity contribution in [3.63, 3.8) is 0 Å². The van der Waals surface area contributed by atoms with E-state index in [1.807, 2.05) is 6.92 Å². The first-order valence-electron chi connectivity index (χ1n) is 6.23. The number of hydrogen-bond acceptors (Lipinski definition) is 3. The van der Waals surface area contributed by atoms with E-state index in [2.05, 4.69) is 0 Å². The van der Waals surface area contributed by atoms with Crippen molar-refractivity contribution in [2.75, 3.05) is 14.2 Å². The molecular weight excluding hydrogens is 259 g/mol. The number of methoxy groups -OCH3 is 2. The van der Waals surface area contributed by atoms with Gasteiger partial charge in [0.15, 0.2) is 11.5 Å². The molecule has 2 rings (SSSR count). The average molecular weight is 276 g/mol. The van der Waals surface area contributed by atoms with E-state index in [4.69, 9.17) is 9.47 Å². The lowest BCUT2D eigenvalue weighted by atomic mass is 9.97. The predicted molar refractivity (Wildman–Crippen MR) is 74.7 cm³/mol. The number of benzene rings is 2. The number of rotatable bonds is 4. The average Bonchev–Trinajstić information content (AvgIpc) is 2.47. The first kappa shape index (κ1) is 14.3. The van der Waals surface area contributed by atoms with Gasteiger partial charge in [-0.1, -0.05) is 12.1 Å². The Morgan fingerprint density at radius 2 is 1.55 bits per heavy atom. The lowest BCUT2D eigenvalue weighted by molar-refractivity contribution is 0.218. The number of aryl methyl sites for hydroxylation is 1. The quantitative estimate of drug-likeness (QED) is 0.931. The van der Waals surface area contributed by atoms with E-state index in [1.165, 1.54) is 12.1 Å².